The molecule has 0 fully saturated rings. The van der Waals surface area contributed by atoms with Crippen LogP contribution in [0.25, 0.3) is 230 Å². The Morgan fingerprint density at radius 1 is 0.144 bits per heavy atom. The SMILES string of the molecule is Cc1ccc(-c2ccc3c(c2)c2cc(-c4ccc(C)cc4)ccc2n3-c2ccc(-c3ccc4ccc5c(-c6ccc(C)cc6)ccc6ccc3c4c65)cc2)cc1.Cc1ccc(-c2ccc3ccc4c(-c5ccc(-n6c7ccc(-c8cccc9ccccc89)cc7c7cc(-c8cccc9ccccc89)ccc76)cc5)ccc5ccc2c3c54)cc1. The van der Waals surface area contributed by atoms with E-state index in [1.807, 2.05) is 0 Å². The van der Waals surface area contributed by atoms with E-state index in [2.05, 4.69) is 437 Å². The zero-order valence-electron chi connectivity index (χ0n) is 66.0. The van der Waals surface area contributed by atoms with Crippen LogP contribution in [0.1, 0.15) is 22.3 Å². The van der Waals surface area contributed by atoms with Crippen molar-refractivity contribution in [2.24, 2.45) is 0 Å². The Balaban J connectivity index is 0.000000139. The maximum absolute atomic E-state index is 2.45. The lowest BCUT2D eigenvalue weighted by molar-refractivity contribution is 1.18. The fourth-order valence-corrected chi connectivity index (χ4v) is 19.4. The molecule has 0 unspecified atom stereocenters. The number of hydrogen-bond acceptors (Lipinski definition) is 0. The number of fused-ring (bicyclic) bond motifs is 8. The molecule has 24 rings (SSSR count). The first-order chi connectivity index (χ1) is 58.1. The summed E-state index contributed by atoms with van der Waals surface area (Å²) in [5.74, 6) is 0. The molecule has 0 aliphatic heterocycles. The van der Waals surface area contributed by atoms with Gasteiger partial charge in [-0.05, 0) is 276 Å². The van der Waals surface area contributed by atoms with Gasteiger partial charge in [0.05, 0.1) is 22.1 Å². The van der Waals surface area contributed by atoms with Gasteiger partial charge in [0.2, 0.25) is 0 Å². The van der Waals surface area contributed by atoms with Crippen LogP contribution >= 0.6 is 0 Å². The Kier molecular flexibility index (Phi) is 15.9. The van der Waals surface area contributed by atoms with E-state index >= 15 is 0 Å². The van der Waals surface area contributed by atoms with Crippen LogP contribution in [-0.4, -0.2) is 9.13 Å². The van der Waals surface area contributed by atoms with Crippen molar-refractivity contribution in [1.82, 2.24) is 9.13 Å². The molecule has 0 atom stereocenters. The van der Waals surface area contributed by atoms with Crippen LogP contribution in [0.4, 0.5) is 0 Å². The van der Waals surface area contributed by atoms with Gasteiger partial charge in [-0.2, -0.15) is 0 Å². The molecular weight excluding hydrogens is 1420 g/mol. The first kappa shape index (κ1) is 68.6. The summed E-state index contributed by atoms with van der Waals surface area (Å²) in [6.45, 7) is 8.59. The highest BCUT2D eigenvalue weighted by atomic mass is 15.0. The molecule has 0 aliphatic rings. The van der Waals surface area contributed by atoms with Gasteiger partial charge in [0.1, 0.15) is 0 Å². The minimum absolute atomic E-state index is 1.14. The molecule has 0 spiro atoms. The molecule has 2 aromatic heterocycles. The van der Waals surface area contributed by atoms with Crippen molar-refractivity contribution in [3.8, 4) is 100 Å². The van der Waals surface area contributed by atoms with Gasteiger partial charge in [-0.15, -0.1) is 0 Å². The van der Waals surface area contributed by atoms with Crippen LogP contribution in [0.2, 0.25) is 0 Å². The minimum Gasteiger partial charge on any atom is -0.309 e. The van der Waals surface area contributed by atoms with E-state index in [1.165, 1.54) is 241 Å². The van der Waals surface area contributed by atoms with Gasteiger partial charge in [0.25, 0.3) is 0 Å². The molecule has 0 N–H and O–H groups in total. The van der Waals surface area contributed by atoms with Crippen molar-refractivity contribution in [3.63, 3.8) is 0 Å². The second-order valence-corrected chi connectivity index (χ2v) is 32.5. The van der Waals surface area contributed by atoms with E-state index in [9.17, 15) is 0 Å². The summed E-state index contributed by atoms with van der Waals surface area (Å²) in [5.41, 5.74) is 32.1. The number of benzene rings is 22. The highest BCUT2D eigenvalue weighted by molar-refractivity contribution is 6.29. The lowest BCUT2D eigenvalue weighted by Gasteiger charge is -2.17. The first-order valence-electron chi connectivity index (χ1n) is 41.2. The number of nitrogens with zero attached hydrogens (tertiary/aromatic N) is 2. The van der Waals surface area contributed by atoms with Gasteiger partial charge < -0.3 is 9.13 Å². The minimum atomic E-state index is 1.14. The van der Waals surface area contributed by atoms with Crippen LogP contribution in [-0.2, 0) is 0 Å². The lowest BCUT2D eigenvalue weighted by atomic mass is 9.87. The van der Waals surface area contributed by atoms with Crippen LogP contribution in [0.5, 0.6) is 0 Å². The number of rotatable bonds is 10. The molecule has 2 heteroatoms. The van der Waals surface area contributed by atoms with Crippen LogP contribution in [0.3, 0.4) is 0 Å². The van der Waals surface area contributed by atoms with Crippen molar-refractivity contribution in [1.29, 1.82) is 0 Å². The third-order valence-electron chi connectivity index (χ3n) is 25.4. The van der Waals surface area contributed by atoms with Crippen LogP contribution in [0, 0.1) is 27.7 Å². The normalized spacial score (nSPS) is 11.9. The van der Waals surface area contributed by atoms with Gasteiger partial charge in [0, 0.05) is 32.9 Å². The van der Waals surface area contributed by atoms with Gasteiger partial charge in [-0.1, -0.05) is 350 Å². The highest BCUT2D eigenvalue weighted by Gasteiger charge is 2.23. The lowest BCUT2D eigenvalue weighted by Crippen LogP contribution is -1.94. The van der Waals surface area contributed by atoms with Crippen LogP contribution < -0.4 is 0 Å². The van der Waals surface area contributed by atoms with E-state index in [-0.39, 0.29) is 0 Å². The second kappa shape index (κ2) is 27.4. The summed E-state index contributed by atoms with van der Waals surface area (Å²) >= 11 is 0. The van der Waals surface area contributed by atoms with E-state index in [0.717, 1.165) is 11.4 Å². The molecule has 22 aromatic carbocycles. The highest BCUT2D eigenvalue weighted by Crippen LogP contribution is 2.48. The third kappa shape index (κ3) is 11.3. The van der Waals surface area contributed by atoms with Gasteiger partial charge in [-0.3, -0.25) is 0 Å². The molecule has 2 heterocycles. The average Bonchev–Trinajstić information content (AvgIpc) is 1.04. The van der Waals surface area contributed by atoms with E-state index in [1.54, 1.807) is 0 Å². The van der Waals surface area contributed by atoms with Gasteiger partial charge >= 0.3 is 0 Å². The predicted molar refractivity (Wildman–Crippen MR) is 506 cm³/mol. The predicted octanol–water partition coefficient (Wildman–Crippen LogP) is 32.2. The fraction of sp³-hybridized carbons (Fsp3) is 0.0345. The topological polar surface area (TPSA) is 9.86 Å². The Hall–Kier alpha value is -15.0. The summed E-state index contributed by atoms with van der Waals surface area (Å²) in [4.78, 5) is 0. The molecular formula is C116H78N2. The molecule has 2 nitrogen and oxygen atoms in total. The molecule has 0 saturated carbocycles. The van der Waals surface area contributed by atoms with E-state index in [0.29, 0.717) is 0 Å². The van der Waals surface area contributed by atoms with Crippen molar-refractivity contribution in [2.75, 3.05) is 0 Å². The average molecular weight is 1500 g/mol. The molecule has 0 aliphatic carbocycles. The zero-order valence-corrected chi connectivity index (χ0v) is 66.0. The van der Waals surface area contributed by atoms with Crippen molar-refractivity contribution in [2.45, 2.75) is 27.7 Å². The maximum atomic E-state index is 2.45. The Bertz CT molecular complexity index is 7890. The zero-order chi connectivity index (χ0) is 78.4. The number of aryl methyl sites for hydroxylation is 4. The quantitative estimate of drug-likeness (QED) is 0.121. The third-order valence-corrected chi connectivity index (χ3v) is 25.4. The summed E-state index contributed by atoms with van der Waals surface area (Å²) in [7, 11) is 0. The fourth-order valence-electron chi connectivity index (χ4n) is 19.4. The Labute approximate surface area is 685 Å². The van der Waals surface area contributed by atoms with Crippen molar-refractivity contribution in [3.05, 3.63) is 423 Å². The number of aromatic nitrogens is 2. The Morgan fingerprint density at radius 3 is 0.695 bits per heavy atom. The molecule has 0 amide bonds. The summed E-state index contributed by atoms with van der Waals surface area (Å²) in [5, 5.41) is 25.7. The molecule has 0 radical (unpaired) electrons. The van der Waals surface area contributed by atoms with Gasteiger partial charge in [-0.25, -0.2) is 0 Å². The first-order valence-corrected chi connectivity index (χ1v) is 41.2. The van der Waals surface area contributed by atoms with E-state index < -0.39 is 0 Å². The molecule has 552 valence electrons. The summed E-state index contributed by atoms with van der Waals surface area (Å²) < 4.78 is 4.88. The van der Waals surface area contributed by atoms with Gasteiger partial charge in [0.15, 0.2) is 0 Å². The Morgan fingerprint density at radius 2 is 0.381 bits per heavy atom. The smallest absolute Gasteiger partial charge is 0.0541 e. The van der Waals surface area contributed by atoms with E-state index in [4.69, 9.17) is 0 Å². The van der Waals surface area contributed by atoms with Crippen LogP contribution in [0.15, 0.2) is 400 Å². The molecule has 118 heavy (non-hydrogen) atoms. The summed E-state index contributed by atoms with van der Waals surface area (Å²) in [6, 6.07) is 149. The molecule has 24 aromatic rings. The standard InChI is InChI=1S/C61H39N.C55H39N/c1-38-16-18-41(19-17-38)52-30-22-43-25-33-55-53(31-23-44-24-32-54(52)60(43)61(44)55)42-20-28-47(29-21-42)62-58-34-26-45(50-14-6-10-39-8-2-4-12-48(39)50)36-56(58)57-37-46(27-35-59(57)62)51-15-7-11-40-9-3-5-13-49(40)51;1-34-4-10-37(11-5-34)43-22-30-52-50(32-43)51-33-44(38-12-6-35(2)7-13-38)23-31-53(51)56(52)45-24-16-40(17-25-45)47-27-19-42-20-28-48-46(39-14-8-36(3)9-15-39)26-18-41-21-29-49(47)55(42)54(41)48/h2-37H,1H3;4-33H,1-3H3. The maximum Gasteiger partial charge on any atom is 0.0541 e. The molecule has 0 saturated heterocycles. The largest absolute Gasteiger partial charge is 0.309 e. The van der Waals surface area contributed by atoms with Crippen molar-refractivity contribution >= 4 is 130 Å². The number of hydrogen-bond donors (Lipinski definition) is 0. The summed E-state index contributed by atoms with van der Waals surface area (Å²) in [6.07, 6.45) is 0. The second-order valence-electron chi connectivity index (χ2n) is 32.5. The van der Waals surface area contributed by atoms with Crippen molar-refractivity contribution < 1.29 is 0 Å². The monoisotopic (exact) mass is 1500 g/mol. The molecule has 0 bridgehead atoms.